The van der Waals surface area contributed by atoms with E-state index in [0.29, 0.717) is 5.56 Å². The number of rotatable bonds is 7. The summed E-state index contributed by atoms with van der Waals surface area (Å²) in [6, 6.07) is 7.33. The van der Waals surface area contributed by atoms with Crippen LogP contribution in [-0.2, 0) is 4.79 Å². The molecule has 0 unspecified atom stereocenters. The molecule has 0 aromatic heterocycles. The number of methoxy groups -OCH3 is 1. The van der Waals surface area contributed by atoms with Crippen LogP contribution in [0.5, 0.6) is 5.75 Å². The zero-order chi connectivity index (χ0) is 20.8. The molecule has 1 amide bonds. The molecule has 0 aliphatic rings. The number of hydrogen-bond donors (Lipinski definition) is 1. The molecule has 28 heavy (non-hydrogen) atoms. The zero-order valence-corrected chi connectivity index (χ0v) is 14.2. The number of nitrogens with zero attached hydrogens (tertiary/aromatic N) is 3. The van der Waals surface area contributed by atoms with Crippen molar-refractivity contribution in [3.63, 3.8) is 0 Å². The van der Waals surface area contributed by atoms with Crippen LogP contribution in [0.4, 0.5) is 22.7 Å². The molecule has 12 heteroatoms. The first kappa shape index (κ1) is 20.0. The minimum absolute atomic E-state index is 0.163. The topological polar surface area (TPSA) is 168 Å². The standard InChI is InChI=1S/C16H12N4O8/c1-28-16-13(19(24)25)8-11(9-14(16)20(26)27)17-15(21)6-5-10-3-2-4-12(7-10)18(22)23/h2-9H,1H3,(H,17,21)/b6-5+. The summed E-state index contributed by atoms with van der Waals surface area (Å²) in [6.07, 6.45) is 2.32. The SMILES string of the molecule is COc1c([N+](=O)[O-])cc(NC(=O)/C=C/c2cccc([N+](=O)[O-])c2)cc1[N+](=O)[O-]. The third kappa shape index (κ3) is 4.63. The Kier molecular flexibility index (Phi) is 5.96. The Morgan fingerprint density at radius 1 is 1.00 bits per heavy atom. The number of anilines is 1. The van der Waals surface area contributed by atoms with Crippen LogP contribution in [0.1, 0.15) is 5.56 Å². The van der Waals surface area contributed by atoms with Gasteiger partial charge in [0.1, 0.15) is 0 Å². The van der Waals surface area contributed by atoms with Gasteiger partial charge in [0.25, 0.3) is 11.4 Å². The number of hydrogen-bond acceptors (Lipinski definition) is 8. The van der Waals surface area contributed by atoms with Gasteiger partial charge < -0.3 is 10.1 Å². The molecule has 0 aliphatic heterocycles. The molecule has 0 fully saturated rings. The molecule has 2 aromatic carbocycles. The van der Waals surface area contributed by atoms with Crippen molar-refractivity contribution in [1.29, 1.82) is 0 Å². The molecule has 12 nitrogen and oxygen atoms in total. The van der Waals surface area contributed by atoms with Crippen LogP contribution in [0.2, 0.25) is 0 Å². The van der Waals surface area contributed by atoms with Crippen LogP contribution >= 0.6 is 0 Å². The summed E-state index contributed by atoms with van der Waals surface area (Å²) in [5.41, 5.74) is -1.35. The van der Waals surface area contributed by atoms with E-state index in [9.17, 15) is 35.1 Å². The van der Waals surface area contributed by atoms with Crippen LogP contribution in [0.25, 0.3) is 6.08 Å². The van der Waals surface area contributed by atoms with Crippen LogP contribution in [0.3, 0.4) is 0 Å². The maximum atomic E-state index is 12.0. The van der Waals surface area contributed by atoms with Gasteiger partial charge in [-0.25, -0.2) is 0 Å². The molecule has 0 aliphatic carbocycles. The lowest BCUT2D eigenvalue weighted by atomic mass is 10.2. The molecule has 0 saturated heterocycles. The number of ether oxygens (including phenoxy) is 1. The normalized spacial score (nSPS) is 10.5. The first-order valence-electron chi connectivity index (χ1n) is 7.47. The van der Waals surface area contributed by atoms with Crippen LogP contribution in [0.15, 0.2) is 42.5 Å². The van der Waals surface area contributed by atoms with Crippen molar-refractivity contribution in [3.8, 4) is 5.75 Å². The molecule has 1 N–H and O–H groups in total. The Balaban J connectivity index is 2.28. The summed E-state index contributed by atoms with van der Waals surface area (Å²) < 4.78 is 4.73. The Morgan fingerprint density at radius 3 is 2.11 bits per heavy atom. The summed E-state index contributed by atoms with van der Waals surface area (Å²) in [7, 11) is 1.05. The molecule has 2 aromatic rings. The number of carbonyl (C=O) groups excluding carboxylic acids is 1. The predicted octanol–water partition coefficient (Wildman–Crippen LogP) is 3.07. The van der Waals surface area contributed by atoms with Gasteiger partial charge in [-0.1, -0.05) is 12.1 Å². The summed E-state index contributed by atoms with van der Waals surface area (Å²) in [6.45, 7) is 0. The molecule has 0 spiro atoms. The van der Waals surface area contributed by atoms with E-state index in [2.05, 4.69) is 5.32 Å². The number of amides is 1. The maximum Gasteiger partial charge on any atom is 0.320 e. The van der Waals surface area contributed by atoms with Crippen molar-refractivity contribution in [2.75, 3.05) is 12.4 Å². The van der Waals surface area contributed by atoms with E-state index < -0.39 is 37.8 Å². The number of nitro benzene ring substituents is 3. The van der Waals surface area contributed by atoms with E-state index in [1.807, 2.05) is 0 Å². The third-order valence-electron chi connectivity index (χ3n) is 3.42. The molecular weight excluding hydrogens is 376 g/mol. The first-order valence-corrected chi connectivity index (χ1v) is 7.47. The van der Waals surface area contributed by atoms with Crippen molar-refractivity contribution >= 4 is 34.7 Å². The lowest BCUT2D eigenvalue weighted by Gasteiger charge is -2.06. The molecule has 0 saturated carbocycles. The molecule has 0 atom stereocenters. The number of nitro groups is 3. The third-order valence-corrected chi connectivity index (χ3v) is 3.42. The van der Waals surface area contributed by atoms with Crippen molar-refractivity contribution < 1.29 is 24.3 Å². The van der Waals surface area contributed by atoms with Gasteiger partial charge >= 0.3 is 11.4 Å². The van der Waals surface area contributed by atoms with E-state index >= 15 is 0 Å². The molecule has 0 bridgehead atoms. The van der Waals surface area contributed by atoms with E-state index in [1.165, 1.54) is 30.3 Å². The van der Waals surface area contributed by atoms with Gasteiger partial charge in [0.2, 0.25) is 5.91 Å². The van der Waals surface area contributed by atoms with E-state index in [1.54, 1.807) is 0 Å². The second-order valence-electron chi connectivity index (χ2n) is 5.24. The van der Waals surface area contributed by atoms with Crippen molar-refractivity contribution in [2.24, 2.45) is 0 Å². The average molecular weight is 388 g/mol. The summed E-state index contributed by atoms with van der Waals surface area (Å²) in [5, 5.41) is 35.2. The van der Waals surface area contributed by atoms with Gasteiger partial charge in [0, 0.05) is 30.3 Å². The Labute approximate surface area is 156 Å². The van der Waals surface area contributed by atoms with E-state index in [-0.39, 0.29) is 11.4 Å². The fourth-order valence-electron chi connectivity index (χ4n) is 2.25. The minimum atomic E-state index is -0.875. The van der Waals surface area contributed by atoms with Crippen LogP contribution in [-0.4, -0.2) is 27.8 Å². The van der Waals surface area contributed by atoms with Gasteiger partial charge in [-0.3, -0.25) is 35.1 Å². The Morgan fingerprint density at radius 2 is 1.61 bits per heavy atom. The lowest BCUT2D eigenvalue weighted by molar-refractivity contribution is -0.395. The van der Waals surface area contributed by atoms with Crippen molar-refractivity contribution in [1.82, 2.24) is 0 Å². The van der Waals surface area contributed by atoms with Crippen molar-refractivity contribution in [3.05, 3.63) is 78.4 Å². The summed E-state index contributed by atoms with van der Waals surface area (Å²) in [5.74, 6) is -1.29. The second kappa shape index (κ2) is 8.35. The quantitative estimate of drug-likeness (QED) is 0.429. The fraction of sp³-hybridized carbons (Fsp3) is 0.0625. The highest BCUT2D eigenvalue weighted by molar-refractivity contribution is 6.02. The molecule has 0 radical (unpaired) electrons. The molecular formula is C16H12N4O8. The van der Waals surface area contributed by atoms with Crippen molar-refractivity contribution in [2.45, 2.75) is 0 Å². The van der Waals surface area contributed by atoms with Gasteiger partial charge in [-0.05, 0) is 11.6 Å². The van der Waals surface area contributed by atoms with Gasteiger partial charge in [-0.15, -0.1) is 0 Å². The predicted molar refractivity (Wildman–Crippen MR) is 97.1 cm³/mol. The first-order chi connectivity index (χ1) is 13.2. The van der Waals surface area contributed by atoms with Gasteiger partial charge in [-0.2, -0.15) is 0 Å². The molecule has 2 rings (SSSR count). The highest BCUT2D eigenvalue weighted by Gasteiger charge is 2.28. The highest BCUT2D eigenvalue weighted by atomic mass is 16.6. The number of carbonyl (C=O) groups is 1. The van der Waals surface area contributed by atoms with Crippen LogP contribution < -0.4 is 10.1 Å². The second-order valence-corrected chi connectivity index (χ2v) is 5.24. The van der Waals surface area contributed by atoms with E-state index in [4.69, 9.17) is 4.74 Å². The zero-order valence-electron chi connectivity index (χ0n) is 14.2. The average Bonchev–Trinajstić information content (AvgIpc) is 2.65. The minimum Gasteiger partial charge on any atom is -0.485 e. The maximum absolute atomic E-state index is 12.0. The Bertz CT molecular complexity index is 967. The van der Waals surface area contributed by atoms with E-state index in [0.717, 1.165) is 25.3 Å². The molecule has 0 heterocycles. The summed E-state index contributed by atoms with van der Waals surface area (Å²) >= 11 is 0. The summed E-state index contributed by atoms with van der Waals surface area (Å²) in [4.78, 5) is 42.6. The fourth-order valence-corrected chi connectivity index (χ4v) is 2.25. The van der Waals surface area contributed by atoms with Gasteiger partial charge in [0.05, 0.1) is 27.6 Å². The molecule has 144 valence electrons. The number of benzene rings is 2. The lowest BCUT2D eigenvalue weighted by Crippen LogP contribution is -2.09. The Hall–Kier alpha value is -4.35. The number of non-ortho nitro benzene ring substituents is 1. The smallest absolute Gasteiger partial charge is 0.320 e. The van der Waals surface area contributed by atoms with Gasteiger partial charge in [0.15, 0.2) is 0 Å². The largest absolute Gasteiger partial charge is 0.485 e. The number of nitrogens with one attached hydrogen (secondary N) is 1. The van der Waals surface area contributed by atoms with Crippen LogP contribution in [0, 0.1) is 30.3 Å². The monoisotopic (exact) mass is 388 g/mol. The highest BCUT2D eigenvalue weighted by Crippen LogP contribution is 2.39.